The van der Waals surface area contributed by atoms with Crippen molar-refractivity contribution in [3.8, 4) is 11.3 Å². The molecule has 0 aliphatic carbocycles. The zero-order chi connectivity index (χ0) is 27.4. The van der Waals surface area contributed by atoms with Gasteiger partial charge in [0, 0.05) is 60.3 Å². The average molecular weight is 528 g/mol. The highest BCUT2D eigenvalue weighted by molar-refractivity contribution is 5.94. The van der Waals surface area contributed by atoms with Crippen molar-refractivity contribution in [3.63, 3.8) is 0 Å². The van der Waals surface area contributed by atoms with Crippen molar-refractivity contribution >= 4 is 28.6 Å². The third-order valence-electron chi connectivity index (χ3n) is 6.15. The monoisotopic (exact) mass is 528 g/mol. The number of rotatable bonds is 3. The van der Waals surface area contributed by atoms with Crippen LogP contribution in [0, 0.1) is 0 Å². The molecule has 0 saturated carbocycles. The predicted molar refractivity (Wildman–Crippen MR) is 132 cm³/mol. The van der Waals surface area contributed by atoms with Crippen molar-refractivity contribution in [1.29, 1.82) is 0 Å². The highest BCUT2D eigenvalue weighted by Gasteiger charge is 2.38. The number of likely N-dealkylation sites (tertiary alicyclic amines) is 1. The summed E-state index contributed by atoms with van der Waals surface area (Å²) >= 11 is 0. The Morgan fingerprint density at radius 1 is 1.08 bits per heavy atom. The molecule has 10 nitrogen and oxygen atoms in total. The summed E-state index contributed by atoms with van der Waals surface area (Å²) < 4.78 is 31.7. The van der Waals surface area contributed by atoms with E-state index in [1.807, 2.05) is 11.0 Å². The lowest BCUT2D eigenvalue weighted by Gasteiger charge is -2.31. The number of nitrogens with one attached hydrogen (secondary N) is 2. The van der Waals surface area contributed by atoms with Gasteiger partial charge in [-0.05, 0) is 43.2 Å². The standard InChI is InChI=1S/C23H22N6O2.C2HF3O2/c24-22-17-11-20(28-19(17)5-8-25-22)14-6-9-29(10-7-14)23(31)16-1-3-18(26-13-16)15-2-4-21(30)27-12-15;3-2(4,5)1(6)7/h1-5,8,11-14,28H,6-7,9-10H2,(H2,24,25)(H,27,30);(H,6,7). The fraction of sp³-hybridized carbons (Fsp3) is 0.240. The largest absolute Gasteiger partial charge is 0.490 e. The van der Waals surface area contributed by atoms with Crippen LogP contribution in [0.4, 0.5) is 19.0 Å². The van der Waals surface area contributed by atoms with Gasteiger partial charge >= 0.3 is 12.1 Å². The van der Waals surface area contributed by atoms with Gasteiger partial charge in [0.1, 0.15) is 5.82 Å². The summed E-state index contributed by atoms with van der Waals surface area (Å²) in [5, 5.41) is 8.07. The number of aliphatic carboxylic acids is 1. The number of hydrogen-bond donors (Lipinski definition) is 4. The summed E-state index contributed by atoms with van der Waals surface area (Å²) in [4.78, 5) is 49.5. The smallest absolute Gasteiger partial charge is 0.475 e. The van der Waals surface area contributed by atoms with Crippen LogP contribution in [0.2, 0.25) is 0 Å². The molecule has 0 atom stereocenters. The second-order valence-electron chi connectivity index (χ2n) is 8.63. The van der Waals surface area contributed by atoms with Crippen molar-refractivity contribution in [3.05, 3.63) is 76.6 Å². The quantitative estimate of drug-likeness (QED) is 0.317. The van der Waals surface area contributed by atoms with Crippen LogP contribution >= 0.6 is 0 Å². The number of piperidine rings is 1. The molecule has 5 heterocycles. The topological polar surface area (TPSA) is 158 Å². The van der Waals surface area contributed by atoms with Gasteiger partial charge < -0.3 is 25.7 Å². The molecule has 13 heteroatoms. The first-order valence-electron chi connectivity index (χ1n) is 11.5. The average Bonchev–Trinajstić information content (AvgIpc) is 3.35. The molecule has 0 unspecified atom stereocenters. The van der Waals surface area contributed by atoms with Crippen molar-refractivity contribution in [1.82, 2.24) is 24.8 Å². The summed E-state index contributed by atoms with van der Waals surface area (Å²) in [7, 11) is 0. The number of aromatic nitrogens is 4. The highest BCUT2D eigenvalue weighted by Crippen LogP contribution is 2.31. The van der Waals surface area contributed by atoms with Crippen LogP contribution in [-0.2, 0) is 4.79 Å². The van der Waals surface area contributed by atoms with E-state index < -0.39 is 12.1 Å². The molecule has 0 bridgehead atoms. The van der Waals surface area contributed by atoms with Crippen LogP contribution in [0.5, 0.6) is 0 Å². The van der Waals surface area contributed by atoms with E-state index >= 15 is 0 Å². The van der Waals surface area contributed by atoms with Gasteiger partial charge in [-0.2, -0.15) is 13.2 Å². The molecule has 0 aromatic carbocycles. The molecule has 1 fully saturated rings. The number of carboxylic acids is 1. The summed E-state index contributed by atoms with van der Waals surface area (Å²) in [6.45, 7) is 1.38. The number of nitrogen functional groups attached to an aromatic ring is 1. The van der Waals surface area contributed by atoms with Gasteiger partial charge in [-0.3, -0.25) is 14.6 Å². The summed E-state index contributed by atoms with van der Waals surface area (Å²) in [5.74, 6) is -1.88. The SMILES string of the molecule is Nc1nccc2[nH]c(C3CCN(C(=O)c4ccc(-c5ccc(=O)[nH]c5)nc4)CC3)cc12.O=C(O)C(F)(F)F. The van der Waals surface area contributed by atoms with E-state index in [4.69, 9.17) is 15.6 Å². The van der Waals surface area contributed by atoms with Crippen LogP contribution < -0.4 is 11.3 Å². The van der Waals surface area contributed by atoms with Crippen molar-refractivity contribution in [2.45, 2.75) is 24.9 Å². The van der Waals surface area contributed by atoms with Crippen LogP contribution in [0.25, 0.3) is 22.2 Å². The molecule has 1 aliphatic rings. The molecule has 4 aromatic rings. The van der Waals surface area contributed by atoms with Crippen LogP contribution in [0.1, 0.15) is 34.8 Å². The molecule has 1 saturated heterocycles. The van der Waals surface area contributed by atoms with Gasteiger partial charge in [0.2, 0.25) is 5.56 Å². The number of carbonyl (C=O) groups excluding carboxylic acids is 1. The normalized spacial score (nSPS) is 14.1. The molecular weight excluding hydrogens is 505 g/mol. The number of halogens is 3. The van der Waals surface area contributed by atoms with E-state index in [9.17, 15) is 22.8 Å². The lowest BCUT2D eigenvalue weighted by Crippen LogP contribution is -2.38. The van der Waals surface area contributed by atoms with Gasteiger partial charge in [-0.1, -0.05) is 0 Å². The highest BCUT2D eigenvalue weighted by atomic mass is 19.4. The lowest BCUT2D eigenvalue weighted by atomic mass is 9.93. The Kier molecular flexibility index (Phi) is 7.46. The minimum atomic E-state index is -5.08. The van der Waals surface area contributed by atoms with Gasteiger partial charge in [-0.15, -0.1) is 0 Å². The number of amides is 1. The van der Waals surface area contributed by atoms with Crippen LogP contribution in [0.3, 0.4) is 0 Å². The number of H-pyrrole nitrogens is 2. The first-order chi connectivity index (χ1) is 18.0. The first-order valence-corrected chi connectivity index (χ1v) is 11.5. The Bertz CT molecular complexity index is 1490. The number of alkyl halides is 3. The second kappa shape index (κ2) is 10.7. The number of fused-ring (bicyclic) bond motifs is 1. The van der Waals surface area contributed by atoms with Crippen LogP contribution in [0.15, 0.2) is 59.8 Å². The van der Waals surface area contributed by atoms with Crippen molar-refractivity contribution in [2.24, 2.45) is 0 Å². The molecule has 5 N–H and O–H groups in total. The maximum Gasteiger partial charge on any atom is 0.490 e. The third-order valence-corrected chi connectivity index (χ3v) is 6.15. The maximum absolute atomic E-state index is 12.9. The van der Waals surface area contributed by atoms with Crippen molar-refractivity contribution < 1.29 is 27.9 Å². The Morgan fingerprint density at radius 3 is 2.34 bits per heavy atom. The van der Waals surface area contributed by atoms with Crippen LogP contribution in [-0.4, -0.2) is 61.1 Å². The second-order valence-corrected chi connectivity index (χ2v) is 8.63. The molecule has 1 aliphatic heterocycles. The first kappa shape index (κ1) is 26.4. The zero-order valence-electron chi connectivity index (χ0n) is 19.8. The number of carbonyl (C=O) groups is 2. The predicted octanol–water partition coefficient (Wildman–Crippen LogP) is 3.55. The van der Waals surface area contributed by atoms with Gasteiger partial charge in [0.15, 0.2) is 0 Å². The molecule has 198 valence electrons. The van der Waals surface area contributed by atoms with E-state index in [2.05, 4.69) is 26.0 Å². The maximum atomic E-state index is 12.9. The third kappa shape index (κ3) is 5.99. The van der Waals surface area contributed by atoms with Gasteiger partial charge in [0.25, 0.3) is 5.91 Å². The number of nitrogens with zero attached hydrogens (tertiary/aromatic N) is 3. The molecule has 0 spiro atoms. The Balaban J connectivity index is 0.000000426. The number of pyridine rings is 3. The fourth-order valence-electron chi connectivity index (χ4n) is 4.15. The number of carboxylic acid groups (broad SMARTS) is 1. The van der Waals surface area contributed by atoms with E-state index in [1.54, 1.807) is 36.8 Å². The Hall–Kier alpha value is -4.68. The van der Waals surface area contributed by atoms with E-state index in [-0.39, 0.29) is 11.5 Å². The Labute approximate surface area is 213 Å². The molecule has 0 radical (unpaired) electrons. The van der Waals surface area contributed by atoms with E-state index in [0.29, 0.717) is 36.1 Å². The van der Waals surface area contributed by atoms with Gasteiger partial charge in [-0.25, -0.2) is 9.78 Å². The molecule has 4 aromatic heterocycles. The van der Waals surface area contributed by atoms with Crippen molar-refractivity contribution in [2.75, 3.05) is 18.8 Å². The fourth-order valence-corrected chi connectivity index (χ4v) is 4.15. The molecule has 5 rings (SSSR count). The number of hydrogen-bond acceptors (Lipinski definition) is 6. The molecule has 38 heavy (non-hydrogen) atoms. The number of nitrogens with two attached hydrogens (primary N) is 1. The minimum Gasteiger partial charge on any atom is -0.475 e. The molecular formula is C25H23F3N6O4. The summed E-state index contributed by atoms with van der Waals surface area (Å²) in [6.07, 6.45) is 1.60. The van der Waals surface area contributed by atoms with Gasteiger partial charge in [0.05, 0.1) is 16.8 Å². The number of aromatic amines is 2. The summed E-state index contributed by atoms with van der Waals surface area (Å²) in [6, 6.07) is 10.8. The van der Waals surface area contributed by atoms with E-state index in [1.165, 1.54) is 6.07 Å². The summed E-state index contributed by atoms with van der Waals surface area (Å²) in [5.41, 5.74) is 10.0. The number of anilines is 1. The zero-order valence-corrected chi connectivity index (χ0v) is 19.8. The lowest BCUT2D eigenvalue weighted by molar-refractivity contribution is -0.192. The molecule has 1 amide bonds. The Morgan fingerprint density at radius 2 is 1.79 bits per heavy atom. The minimum absolute atomic E-state index is 0.0101. The van der Waals surface area contributed by atoms with E-state index in [0.717, 1.165) is 35.0 Å².